The average Bonchev–Trinajstić information content (AvgIpc) is 2.40. The summed E-state index contributed by atoms with van der Waals surface area (Å²) >= 11 is 0. The molecule has 0 aliphatic rings. The fraction of sp³-hybridized carbons (Fsp3) is 0.267. The predicted octanol–water partition coefficient (Wildman–Crippen LogP) is 2.46. The molecular weight excluding hydrogens is 224 g/mol. The Kier molecular flexibility index (Phi) is 4.31. The van der Waals surface area contributed by atoms with Gasteiger partial charge >= 0.3 is 0 Å². The summed E-state index contributed by atoms with van der Waals surface area (Å²) in [7, 11) is 2.08. The third-order valence-electron chi connectivity index (χ3n) is 2.87. The van der Waals surface area contributed by atoms with E-state index in [1.54, 1.807) is 6.07 Å². The van der Waals surface area contributed by atoms with E-state index in [1.807, 2.05) is 12.1 Å². The Morgan fingerprint density at radius 3 is 2.56 bits per heavy atom. The quantitative estimate of drug-likeness (QED) is 0.875. The molecule has 0 aliphatic heterocycles. The van der Waals surface area contributed by atoms with Crippen molar-refractivity contribution in [2.45, 2.75) is 13.0 Å². The van der Waals surface area contributed by atoms with Gasteiger partial charge in [-0.1, -0.05) is 30.3 Å². The summed E-state index contributed by atoms with van der Waals surface area (Å²) in [6.07, 6.45) is 2.52. The van der Waals surface area contributed by atoms with E-state index in [4.69, 9.17) is 5.11 Å². The number of hydrogen-bond acceptors (Lipinski definition) is 3. The largest absolute Gasteiger partial charge is 0.506 e. The molecule has 0 atom stereocenters. The van der Waals surface area contributed by atoms with E-state index in [9.17, 15) is 0 Å². The molecule has 0 bridgehead atoms. The molecule has 1 N–H and O–H groups in total. The third kappa shape index (κ3) is 3.86. The summed E-state index contributed by atoms with van der Waals surface area (Å²) in [6.45, 7) is 1.79. The van der Waals surface area contributed by atoms with Crippen LogP contribution in [-0.2, 0) is 13.0 Å². The number of benzene rings is 1. The molecule has 1 heterocycles. The second kappa shape index (κ2) is 6.17. The first-order valence-corrected chi connectivity index (χ1v) is 6.10. The van der Waals surface area contributed by atoms with Crippen LogP contribution in [0.3, 0.4) is 0 Å². The second-order valence-corrected chi connectivity index (χ2v) is 4.48. The van der Waals surface area contributed by atoms with Crippen molar-refractivity contribution in [2.24, 2.45) is 0 Å². The molecule has 0 saturated heterocycles. The maximum Gasteiger partial charge on any atom is 0.133 e. The highest BCUT2D eigenvalue weighted by Crippen LogP contribution is 2.08. The zero-order valence-electron chi connectivity index (χ0n) is 10.6. The van der Waals surface area contributed by atoms with Gasteiger partial charge in [0.2, 0.25) is 0 Å². The minimum Gasteiger partial charge on any atom is -0.506 e. The highest BCUT2D eigenvalue weighted by molar-refractivity contribution is 5.18. The van der Waals surface area contributed by atoms with Gasteiger partial charge in [-0.15, -0.1) is 0 Å². The molecule has 18 heavy (non-hydrogen) atoms. The zero-order chi connectivity index (χ0) is 12.8. The topological polar surface area (TPSA) is 36.4 Å². The van der Waals surface area contributed by atoms with Gasteiger partial charge in [0.05, 0.1) is 11.9 Å². The summed E-state index contributed by atoms with van der Waals surface area (Å²) in [6, 6.07) is 14.0. The molecule has 0 saturated carbocycles. The van der Waals surface area contributed by atoms with E-state index in [0.29, 0.717) is 0 Å². The molecule has 0 fully saturated rings. The van der Waals surface area contributed by atoms with Crippen LogP contribution >= 0.6 is 0 Å². The number of pyridine rings is 1. The average molecular weight is 242 g/mol. The third-order valence-corrected chi connectivity index (χ3v) is 2.87. The highest BCUT2D eigenvalue weighted by atomic mass is 16.3. The van der Waals surface area contributed by atoms with Crippen LogP contribution in [-0.4, -0.2) is 28.6 Å². The van der Waals surface area contributed by atoms with Crippen molar-refractivity contribution in [3.63, 3.8) is 0 Å². The van der Waals surface area contributed by atoms with Gasteiger partial charge in [0.15, 0.2) is 0 Å². The first-order chi connectivity index (χ1) is 8.74. The van der Waals surface area contributed by atoms with Crippen molar-refractivity contribution in [3.8, 4) is 5.75 Å². The van der Waals surface area contributed by atoms with Crippen molar-refractivity contribution in [2.75, 3.05) is 13.6 Å². The molecule has 0 radical (unpaired) electrons. The Hall–Kier alpha value is -1.87. The van der Waals surface area contributed by atoms with Gasteiger partial charge < -0.3 is 10.0 Å². The predicted molar refractivity (Wildman–Crippen MR) is 72.4 cm³/mol. The molecule has 1 aromatic heterocycles. The van der Waals surface area contributed by atoms with Crippen LogP contribution in [0, 0.1) is 0 Å². The lowest BCUT2D eigenvalue weighted by Gasteiger charge is -2.16. The van der Waals surface area contributed by atoms with E-state index in [1.165, 1.54) is 11.8 Å². The lowest BCUT2D eigenvalue weighted by molar-refractivity contribution is 0.326. The van der Waals surface area contributed by atoms with Crippen LogP contribution in [0.25, 0.3) is 0 Å². The fourth-order valence-electron chi connectivity index (χ4n) is 1.83. The highest BCUT2D eigenvalue weighted by Gasteiger charge is 2.02. The molecule has 1 aromatic carbocycles. The van der Waals surface area contributed by atoms with Crippen molar-refractivity contribution >= 4 is 0 Å². The fourth-order valence-corrected chi connectivity index (χ4v) is 1.83. The molecular formula is C15H18N2O. The normalized spacial score (nSPS) is 10.8. The molecule has 3 heteroatoms. The van der Waals surface area contributed by atoms with Gasteiger partial charge in [-0.05, 0) is 31.2 Å². The van der Waals surface area contributed by atoms with Crippen molar-refractivity contribution in [1.29, 1.82) is 0 Å². The summed E-state index contributed by atoms with van der Waals surface area (Å²) < 4.78 is 0. The van der Waals surface area contributed by atoms with Gasteiger partial charge in [0, 0.05) is 13.1 Å². The summed E-state index contributed by atoms with van der Waals surface area (Å²) in [4.78, 5) is 6.41. The lowest BCUT2D eigenvalue weighted by atomic mass is 10.1. The van der Waals surface area contributed by atoms with E-state index >= 15 is 0 Å². The van der Waals surface area contributed by atoms with Gasteiger partial charge in [0.1, 0.15) is 5.75 Å². The van der Waals surface area contributed by atoms with Gasteiger partial charge in [-0.2, -0.15) is 0 Å². The Bertz CT molecular complexity index is 468. The maximum absolute atomic E-state index is 9.17. The van der Waals surface area contributed by atoms with Crippen molar-refractivity contribution in [3.05, 3.63) is 59.9 Å². The summed E-state index contributed by atoms with van der Waals surface area (Å²) in [5.74, 6) is 0.214. The standard InChI is InChI=1S/C15H18N2O/c1-17(10-9-13-5-3-2-4-6-13)12-14-7-8-15(18)11-16-14/h2-8,11,18H,9-10,12H2,1H3. The molecule has 2 rings (SSSR count). The van der Waals surface area contributed by atoms with E-state index < -0.39 is 0 Å². The Labute approximate surface area is 108 Å². The summed E-state index contributed by atoms with van der Waals surface area (Å²) in [5, 5.41) is 9.17. The Morgan fingerprint density at radius 2 is 1.89 bits per heavy atom. The van der Waals surface area contributed by atoms with E-state index in [0.717, 1.165) is 25.2 Å². The number of likely N-dealkylation sites (N-methyl/N-ethyl adjacent to an activating group) is 1. The zero-order valence-corrected chi connectivity index (χ0v) is 10.6. The van der Waals surface area contributed by atoms with Gasteiger partial charge in [0.25, 0.3) is 0 Å². The molecule has 2 aromatic rings. The number of aromatic nitrogens is 1. The first-order valence-electron chi connectivity index (χ1n) is 6.10. The summed E-state index contributed by atoms with van der Waals surface area (Å²) in [5.41, 5.74) is 2.33. The lowest BCUT2D eigenvalue weighted by Crippen LogP contribution is -2.21. The molecule has 94 valence electrons. The smallest absolute Gasteiger partial charge is 0.133 e. The van der Waals surface area contributed by atoms with E-state index in [2.05, 4.69) is 41.2 Å². The monoisotopic (exact) mass is 242 g/mol. The van der Waals surface area contributed by atoms with Crippen LogP contribution in [0.2, 0.25) is 0 Å². The first kappa shape index (κ1) is 12.6. The van der Waals surface area contributed by atoms with Gasteiger partial charge in [-0.25, -0.2) is 0 Å². The van der Waals surface area contributed by atoms with E-state index in [-0.39, 0.29) is 5.75 Å². The number of aromatic hydroxyl groups is 1. The molecule has 0 spiro atoms. The molecule has 3 nitrogen and oxygen atoms in total. The van der Waals surface area contributed by atoms with Crippen LogP contribution in [0.5, 0.6) is 5.75 Å². The SMILES string of the molecule is CN(CCc1ccccc1)Cc1ccc(O)cn1. The number of hydrogen-bond donors (Lipinski definition) is 1. The minimum atomic E-state index is 0.214. The Balaban J connectivity index is 1.82. The maximum atomic E-state index is 9.17. The van der Waals surface area contributed by atoms with Crippen LogP contribution in [0.15, 0.2) is 48.7 Å². The molecule has 0 unspecified atom stereocenters. The van der Waals surface area contributed by atoms with Crippen molar-refractivity contribution in [1.82, 2.24) is 9.88 Å². The number of rotatable bonds is 5. The van der Waals surface area contributed by atoms with Crippen molar-refractivity contribution < 1.29 is 5.11 Å². The van der Waals surface area contributed by atoms with Crippen LogP contribution < -0.4 is 0 Å². The molecule has 0 aliphatic carbocycles. The number of nitrogens with zero attached hydrogens (tertiary/aromatic N) is 2. The van der Waals surface area contributed by atoms with Gasteiger partial charge in [-0.3, -0.25) is 4.98 Å². The van der Waals surface area contributed by atoms with Crippen LogP contribution in [0.4, 0.5) is 0 Å². The second-order valence-electron chi connectivity index (χ2n) is 4.48. The van der Waals surface area contributed by atoms with Crippen LogP contribution in [0.1, 0.15) is 11.3 Å². The molecule has 0 amide bonds. The minimum absolute atomic E-state index is 0.214. The Morgan fingerprint density at radius 1 is 1.11 bits per heavy atom.